The van der Waals surface area contributed by atoms with Crippen molar-refractivity contribution in [3.8, 4) is 28.6 Å². The van der Waals surface area contributed by atoms with Crippen molar-refractivity contribution in [3.63, 3.8) is 0 Å². The van der Waals surface area contributed by atoms with E-state index in [1.54, 1.807) is 30.0 Å². The molecule has 0 spiro atoms. The fourth-order valence-electron chi connectivity index (χ4n) is 3.83. The third-order valence-corrected chi connectivity index (χ3v) is 5.52. The van der Waals surface area contributed by atoms with E-state index in [0.29, 0.717) is 34.7 Å². The number of rotatable bonds is 6. The van der Waals surface area contributed by atoms with Crippen LogP contribution in [0.2, 0.25) is 0 Å². The number of hydrogen-bond donors (Lipinski definition) is 2. The van der Waals surface area contributed by atoms with E-state index in [2.05, 4.69) is 15.5 Å². The Morgan fingerprint density at radius 2 is 1.91 bits per heavy atom. The van der Waals surface area contributed by atoms with E-state index >= 15 is 0 Å². The smallest absolute Gasteiger partial charge is 0.322 e. The van der Waals surface area contributed by atoms with Gasteiger partial charge in [0.05, 0.1) is 25.8 Å². The lowest BCUT2D eigenvalue weighted by molar-refractivity contribution is 0.207. The average molecular weight is 454 g/mol. The highest BCUT2D eigenvalue weighted by atomic mass is 19.1. The van der Waals surface area contributed by atoms with Crippen LogP contribution in [0.3, 0.4) is 0 Å². The number of aromatic hydroxyl groups is 1. The molecular weight excluding hydrogens is 431 g/mol. The number of carbonyl (C=O) groups excluding carboxylic acids is 1. The number of ether oxygens (including phenoxy) is 2. The molecule has 2 aromatic carbocycles. The van der Waals surface area contributed by atoms with E-state index in [1.807, 2.05) is 6.92 Å². The minimum absolute atomic E-state index is 0.0703. The van der Waals surface area contributed by atoms with Gasteiger partial charge in [-0.2, -0.15) is 4.98 Å². The molecule has 1 aliphatic rings. The largest absolute Gasteiger partial charge is 0.504 e. The SMILES string of the molecule is CCN1C(=O)NC(c2ccc(OC)c(O)c2)C(c2nc(-c3ccc(OC)c(F)c3)no2)=C1C. The van der Waals surface area contributed by atoms with Crippen molar-refractivity contribution >= 4 is 11.6 Å². The van der Waals surface area contributed by atoms with Gasteiger partial charge in [0.2, 0.25) is 5.82 Å². The number of halogens is 1. The molecule has 9 nitrogen and oxygen atoms in total. The van der Waals surface area contributed by atoms with E-state index in [0.717, 1.165) is 0 Å². The number of aromatic nitrogens is 2. The molecule has 10 heteroatoms. The van der Waals surface area contributed by atoms with Crippen LogP contribution in [-0.2, 0) is 0 Å². The zero-order valence-corrected chi connectivity index (χ0v) is 18.5. The zero-order valence-electron chi connectivity index (χ0n) is 18.5. The third-order valence-electron chi connectivity index (χ3n) is 5.52. The first-order chi connectivity index (χ1) is 15.9. The van der Waals surface area contributed by atoms with E-state index < -0.39 is 11.9 Å². The number of nitrogens with zero attached hydrogens (tertiary/aromatic N) is 3. The Kier molecular flexibility index (Phi) is 5.91. The first kappa shape index (κ1) is 22.1. The van der Waals surface area contributed by atoms with Gasteiger partial charge in [-0.15, -0.1) is 0 Å². The maximum absolute atomic E-state index is 14.2. The number of urea groups is 1. The predicted octanol–water partition coefficient (Wildman–Crippen LogP) is 4.12. The Morgan fingerprint density at radius 1 is 1.18 bits per heavy atom. The van der Waals surface area contributed by atoms with E-state index in [-0.39, 0.29) is 29.2 Å². The van der Waals surface area contributed by atoms with Crippen molar-refractivity contribution in [3.05, 3.63) is 59.4 Å². The van der Waals surface area contributed by atoms with Crippen molar-refractivity contribution in [2.75, 3.05) is 20.8 Å². The molecule has 2 heterocycles. The summed E-state index contributed by atoms with van der Waals surface area (Å²) in [4.78, 5) is 18.7. The maximum Gasteiger partial charge on any atom is 0.322 e. The number of hydrogen-bond acceptors (Lipinski definition) is 7. The summed E-state index contributed by atoms with van der Waals surface area (Å²) in [5, 5.41) is 17.2. The number of nitrogens with one attached hydrogen (secondary N) is 1. The van der Waals surface area contributed by atoms with Crippen LogP contribution in [0.5, 0.6) is 17.2 Å². The normalized spacial score (nSPS) is 16.1. The van der Waals surface area contributed by atoms with Crippen LogP contribution >= 0.6 is 0 Å². The number of allylic oxidation sites excluding steroid dienone is 1. The second kappa shape index (κ2) is 8.81. The van der Waals surface area contributed by atoms with Crippen LogP contribution in [0, 0.1) is 5.82 Å². The summed E-state index contributed by atoms with van der Waals surface area (Å²) < 4.78 is 29.8. The fraction of sp³-hybridized carbons (Fsp3) is 0.261. The summed E-state index contributed by atoms with van der Waals surface area (Å²) in [6.45, 7) is 4.05. The zero-order chi connectivity index (χ0) is 23.7. The standard InChI is InChI=1S/C23H23FN4O5/c1-5-28-12(2)19(20(25-23(28)30)13-6-9-18(32-4)16(29)11-13)22-26-21(27-33-22)14-7-8-17(31-3)15(24)10-14/h6-11,20,29H,5H2,1-4H3,(H,25,30). The van der Waals surface area contributed by atoms with Crippen molar-refractivity contribution in [1.29, 1.82) is 0 Å². The van der Waals surface area contributed by atoms with Gasteiger partial charge in [-0.1, -0.05) is 11.2 Å². The van der Waals surface area contributed by atoms with Gasteiger partial charge in [0, 0.05) is 17.8 Å². The van der Waals surface area contributed by atoms with Crippen LogP contribution in [0.15, 0.2) is 46.6 Å². The first-order valence-corrected chi connectivity index (χ1v) is 10.2. The highest BCUT2D eigenvalue weighted by Gasteiger charge is 2.35. The van der Waals surface area contributed by atoms with Gasteiger partial charge in [-0.25, -0.2) is 9.18 Å². The van der Waals surface area contributed by atoms with Crippen LogP contribution in [-0.4, -0.2) is 46.9 Å². The molecule has 1 atom stereocenters. The molecule has 0 saturated heterocycles. The van der Waals surface area contributed by atoms with Crippen molar-refractivity contribution in [2.45, 2.75) is 19.9 Å². The van der Waals surface area contributed by atoms with Crippen LogP contribution in [0.1, 0.15) is 31.3 Å². The topological polar surface area (TPSA) is 110 Å². The van der Waals surface area contributed by atoms with Gasteiger partial charge in [0.15, 0.2) is 23.1 Å². The van der Waals surface area contributed by atoms with Crippen LogP contribution in [0.25, 0.3) is 17.0 Å². The predicted molar refractivity (Wildman–Crippen MR) is 117 cm³/mol. The molecule has 0 radical (unpaired) electrons. The number of phenolic OH excluding ortho intramolecular Hbond substituents is 1. The Hall–Kier alpha value is -4.08. The molecule has 172 valence electrons. The number of phenols is 1. The van der Waals surface area contributed by atoms with Crippen LogP contribution < -0.4 is 14.8 Å². The fourth-order valence-corrected chi connectivity index (χ4v) is 3.83. The first-order valence-electron chi connectivity index (χ1n) is 10.2. The molecule has 2 N–H and O–H groups in total. The summed E-state index contributed by atoms with van der Waals surface area (Å²) in [6, 6.07) is 8.24. The van der Waals surface area contributed by atoms with E-state index in [9.17, 15) is 14.3 Å². The lowest BCUT2D eigenvalue weighted by atomic mass is 9.94. The minimum atomic E-state index is -0.669. The highest BCUT2D eigenvalue weighted by Crippen LogP contribution is 2.39. The average Bonchev–Trinajstić information content (AvgIpc) is 3.28. The summed E-state index contributed by atoms with van der Waals surface area (Å²) in [7, 11) is 2.83. The second-order valence-electron chi connectivity index (χ2n) is 7.33. The Morgan fingerprint density at radius 3 is 2.55 bits per heavy atom. The summed E-state index contributed by atoms with van der Waals surface area (Å²) >= 11 is 0. The second-order valence-corrected chi connectivity index (χ2v) is 7.33. The molecule has 0 fully saturated rings. The molecule has 4 rings (SSSR count). The summed E-state index contributed by atoms with van der Waals surface area (Å²) in [6.07, 6.45) is 0. The number of benzene rings is 2. The lowest BCUT2D eigenvalue weighted by Gasteiger charge is -2.34. The molecule has 1 aromatic heterocycles. The lowest BCUT2D eigenvalue weighted by Crippen LogP contribution is -2.45. The number of amides is 2. The van der Waals surface area contributed by atoms with Gasteiger partial charge >= 0.3 is 6.03 Å². The molecular formula is C23H23FN4O5. The molecule has 1 aliphatic heterocycles. The van der Waals surface area contributed by atoms with Gasteiger partial charge < -0.3 is 24.4 Å². The van der Waals surface area contributed by atoms with Gasteiger partial charge in [0.1, 0.15) is 0 Å². The molecule has 1 unspecified atom stereocenters. The highest BCUT2D eigenvalue weighted by molar-refractivity contribution is 5.87. The maximum atomic E-state index is 14.2. The molecule has 0 saturated carbocycles. The monoisotopic (exact) mass is 454 g/mol. The molecule has 3 aromatic rings. The van der Waals surface area contributed by atoms with E-state index in [1.165, 1.54) is 32.4 Å². The Bertz CT molecular complexity index is 1240. The minimum Gasteiger partial charge on any atom is -0.504 e. The Balaban J connectivity index is 1.80. The molecule has 0 aliphatic carbocycles. The number of methoxy groups -OCH3 is 2. The quantitative estimate of drug-likeness (QED) is 0.577. The number of carbonyl (C=O) groups is 1. The third kappa shape index (κ3) is 3.95. The van der Waals surface area contributed by atoms with Gasteiger partial charge in [-0.05, 0) is 49.7 Å². The summed E-state index contributed by atoms with van der Waals surface area (Å²) in [5.74, 6) is 0.138. The van der Waals surface area contributed by atoms with E-state index in [4.69, 9.17) is 14.0 Å². The molecule has 0 bridgehead atoms. The van der Waals surface area contributed by atoms with Crippen molar-refractivity contribution in [2.24, 2.45) is 0 Å². The molecule has 33 heavy (non-hydrogen) atoms. The van der Waals surface area contributed by atoms with Gasteiger partial charge in [-0.3, -0.25) is 4.90 Å². The van der Waals surface area contributed by atoms with Crippen LogP contribution in [0.4, 0.5) is 9.18 Å². The van der Waals surface area contributed by atoms with Crippen molar-refractivity contribution < 1.29 is 28.3 Å². The van der Waals surface area contributed by atoms with Crippen molar-refractivity contribution in [1.82, 2.24) is 20.4 Å². The van der Waals surface area contributed by atoms with Gasteiger partial charge in [0.25, 0.3) is 5.89 Å². The molecule has 2 amide bonds. The summed E-state index contributed by atoms with van der Waals surface area (Å²) in [5.41, 5.74) is 2.20. The Labute approximate surface area is 189 Å².